The van der Waals surface area contributed by atoms with E-state index in [9.17, 15) is 14.5 Å². The minimum absolute atomic E-state index is 0.00514. The van der Waals surface area contributed by atoms with E-state index in [4.69, 9.17) is 0 Å². The van der Waals surface area contributed by atoms with Crippen LogP contribution in [0.2, 0.25) is 0 Å². The van der Waals surface area contributed by atoms with Gasteiger partial charge in [0.25, 0.3) is 5.91 Å². The second-order valence-corrected chi connectivity index (χ2v) is 2.97. The number of nitroso groups, excluding NO2 is 1. The highest BCUT2D eigenvalue weighted by Crippen LogP contribution is 1.99. The third-order valence-electron chi connectivity index (χ3n) is 1.85. The molecular weight excluding hydrogens is 184 g/mol. The van der Waals surface area contributed by atoms with Crippen LogP contribution in [0.1, 0.15) is 33.1 Å². The molecule has 14 heavy (non-hydrogen) atoms. The van der Waals surface area contributed by atoms with E-state index in [1.165, 1.54) is 0 Å². The van der Waals surface area contributed by atoms with Gasteiger partial charge in [-0.2, -0.15) is 0 Å². The lowest BCUT2D eigenvalue weighted by atomic mass is 10.3. The van der Waals surface area contributed by atoms with Gasteiger partial charge in [0.05, 0.1) is 0 Å². The average molecular weight is 200 g/mol. The molecule has 0 aliphatic heterocycles. The van der Waals surface area contributed by atoms with Crippen LogP contribution < -0.4 is 0 Å². The molecule has 0 aromatic heterocycles. The van der Waals surface area contributed by atoms with Crippen molar-refractivity contribution in [3.05, 3.63) is 4.91 Å². The van der Waals surface area contributed by atoms with E-state index in [0.29, 0.717) is 19.5 Å². The van der Waals surface area contributed by atoms with E-state index in [2.05, 4.69) is 5.18 Å². The predicted octanol–water partition coefficient (Wildman–Crippen LogP) is 1.32. The Morgan fingerprint density at radius 2 is 1.86 bits per heavy atom. The Labute approximate surface area is 83.4 Å². The lowest BCUT2D eigenvalue weighted by Gasteiger charge is -2.20. The van der Waals surface area contributed by atoms with Gasteiger partial charge in [0, 0.05) is 31.1 Å². The number of hydrogen-bond donors (Lipinski definition) is 0. The Morgan fingerprint density at radius 1 is 1.21 bits per heavy atom. The molecule has 0 saturated carbocycles. The molecule has 2 amide bonds. The molecule has 0 aromatic rings. The second-order valence-electron chi connectivity index (χ2n) is 2.97. The number of nitrogens with zero attached hydrogens (tertiary/aromatic N) is 2. The quantitative estimate of drug-likeness (QED) is 0.607. The summed E-state index contributed by atoms with van der Waals surface area (Å²) in [5.74, 6) is -0.694. The fourth-order valence-electron chi connectivity index (χ4n) is 1.13. The van der Waals surface area contributed by atoms with Crippen molar-refractivity contribution >= 4 is 11.8 Å². The Hall–Kier alpha value is -1.26. The zero-order valence-electron chi connectivity index (χ0n) is 8.65. The average Bonchev–Trinajstić information content (AvgIpc) is 2.22. The third kappa shape index (κ3) is 4.69. The van der Waals surface area contributed by atoms with E-state index in [-0.39, 0.29) is 12.3 Å². The molecule has 0 atom stereocenters. The maximum atomic E-state index is 11.3. The van der Waals surface area contributed by atoms with Crippen molar-refractivity contribution in [1.82, 2.24) is 4.90 Å². The van der Waals surface area contributed by atoms with Crippen molar-refractivity contribution in [2.45, 2.75) is 33.1 Å². The Bertz CT molecular complexity index is 216. The standard InChI is InChI=1S/C9H16N2O3/c1-3-6-11(9(13)4-2)7-5-8(12)10-14/h3-7H2,1-2H3. The van der Waals surface area contributed by atoms with Gasteiger partial charge in [-0.05, 0) is 6.42 Å². The number of carbonyl (C=O) groups excluding carboxylic acids is 2. The van der Waals surface area contributed by atoms with Crippen molar-refractivity contribution < 1.29 is 9.59 Å². The molecule has 0 bridgehead atoms. The summed E-state index contributed by atoms with van der Waals surface area (Å²) in [4.78, 5) is 33.3. The number of rotatable bonds is 6. The monoisotopic (exact) mass is 200 g/mol. The third-order valence-corrected chi connectivity index (χ3v) is 1.85. The van der Waals surface area contributed by atoms with Crippen LogP contribution in [-0.2, 0) is 9.59 Å². The van der Waals surface area contributed by atoms with Crippen LogP contribution in [0, 0.1) is 4.91 Å². The predicted molar refractivity (Wildman–Crippen MR) is 52.6 cm³/mol. The van der Waals surface area contributed by atoms with Gasteiger partial charge in [0.1, 0.15) is 0 Å². The van der Waals surface area contributed by atoms with Gasteiger partial charge in [-0.1, -0.05) is 13.8 Å². The minimum atomic E-state index is -0.699. The van der Waals surface area contributed by atoms with Gasteiger partial charge < -0.3 is 4.90 Å². The highest BCUT2D eigenvalue weighted by Gasteiger charge is 2.12. The largest absolute Gasteiger partial charge is 0.342 e. The highest BCUT2D eigenvalue weighted by atomic mass is 16.3. The molecule has 0 aliphatic rings. The molecule has 0 fully saturated rings. The molecule has 0 radical (unpaired) electrons. The summed E-state index contributed by atoms with van der Waals surface area (Å²) < 4.78 is 0. The lowest BCUT2D eigenvalue weighted by Crippen LogP contribution is -2.32. The molecule has 5 nitrogen and oxygen atoms in total. The highest BCUT2D eigenvalue weighted by molar-refractivity contribution is 5.79. The van der Waals surface area contributed by atoms with Crippen molar-refractivity contribution in [2.75, 3.05) is 13.1 Å². The van der Waals surface area contributed by atoms with Gasteiger partial charge in [0.2, 0.25) is 5.91 Å². The fourth-order valence-corrected chi connectivity index (χ4v) is 1.13. The fraction of sp³-hybridized carbons (Fsp3) is 0.778. The molecule has 80 valence electrons. The summed E-state index contributed by atoms with van der Waals surface area (Å²) >= 11 is 0. The topological polar surface area (TPSA) is 66.8 Å². The van der Waals surface area contributed by atoms with Crippen LogP contribution in [0.15, 0.2) is 5.18 Å². The maximum Gasteiger partial charge on any atom is 0.288 e. The molecule has 0 N–H and O–H groups in total. The molecule has 0 aliphatic carbocycles. The zero-order chi connectivity index (χ0) is 11.0. The van der Waals surface area contributed by atoms with Gasteiger partial charge in [-0.15, -0.1) is 4.91 Å². The van der Waals surface area contributed by atoms with Gasteiger partial charge in [-0.3, -0.25) is 9.59 Å². The van der Waals surface area contributed by atoms with Crippen LogP contribution in [0.25, 0.3) is 0 Å². The summed E-state index contributed by atoms with van der Waals surface area (Å²) in [5, 5.41) is 2.28. The van der Waals surface area contributed by atoms with E-state index in [0.717, 1.165) is 6.42 Å². The molecule has 0 saturated heterocycles. The second kappa shape index (κ2) is 7.17. The first-order chi connectivity index (χ1) is 6.65. The zero-order valence-corrected chi connectivity index (χ0v) is 8.65. The van der Waals surface area contributed by atoms with Gasteiger partial charge >= 0.3 is 0 Å². The van der Waals surface area contributed by atoms with Crippen molar-refractivity contribution in [3.63, 3.8) is 0 Å². The van der Waals surface area contributed by atoms with E-state index in [1.54, 1.807) is 11.8 Å². The SMILES string of the molecule is CCCN(CCC(=O)N=O)C(=O)CC. The Morgan fingerprint density at radius 3 is 2.29 bits per heavy atom. The molecule has 0 aromatic carbocycles. The first-order valence-electron chi connectivity index (χ1n) is 4.79. The molecule has 0 spiro atoms. The molecule has 0 unspecified atom stereocenters. The summed E-state index contributed by atoms with van der Waals surface area (Å²) in [7, 11) is 0. The van der Waals surface area contributed by atoms with Crippen molar-refractivity contribution in [1.29, 1.82) is 0 Å². The maximum absolute atomic E-state index is 11.3. The summed E-state index contributed by atoms with van der Waals surface area (Å²) in [6, 6.07) is 0. The summed E-state index contributed by atoms with van der Waals surface area (Å²) in [5.41, 5.74) is 0. The van der Waals surface area contributed by atoms with Crippen LogP contribution in [0.5, 0.6) is 0 Å². The normalized spacial score (nSPS) is 9.57. The van der Waals surface area contributed by atoms with E-state index < -0.39 is 5.91 Å². The first kappa shape index (κ1) is 12.7. The Kier molecular flexibility index (Phi) is 6.53. The molecule has 5 heteroatoms. The van der Waals surface area contributed by atoms with Crippen LogP contribution in [-0.4, -0.2) is 29.8 Å². The van der Waals surface area contributed by atoms with Crippen LogP contribution in [0.4, 0.5) is 0 Å². The molecule has 0 heterocycles. The van der Waals surface area contributed by atoms with Gasteiger partial charge in [-0.25, -0.2) is 0 Å². The minimum Gasteiger partial charge on any atom is -0.342 e. The van der Waals surface area contributed by atoms with Crippen molar-refractivity contribution in [2.24, 2.45) is 5.18 Å². The molecule has 0 rings (SSSR count). The molecular formula is C9H16N2O3. The van der Waals surface area contributed by atoms with Crippen LogP contribution in [0.3, 0.4) is 0 Å². The van der Waals surface area contributed by atoms with E-state index >= 15 is 0 Å². The summed E-state index contributed by atoms with van der Waals surface area (Å²) in [6.07, 6.45) is 1.28. The lowest BCUT2D eigenvalue weighted by molar-refractivity contribution is -0.131. The number of carbonyl (C=O) groups is 2. The van der Waals surface area contributed by atoms with E-state index in [1.807, 2.05) is 6.92 Å². The Balaban J connectivity index is 4.02. The summed E-state index contributed by atoms with van der Waals surface area (Å²) in [6.45, 7) is 4.64. The smallest absolute Gasteiger partial charge is 0.288 e. The van der Waals surface area contributed by atoms with Gasteiger partial charge in [0.15, 0.2) is 0 Å². The number of amides is 2. The number of hydrogen-bond acceptors (Lipinski definition) is 3. The van der Waals surface area contributed by atoms with Crippen LogP contribution >= 0.6 is 0 Å². The first-order valence-corrected chi connectivity index (χ1v) is 4.79. The van der Waals surface area contributed by atoms with Crippen molar-refractivity contribution in [3.8, 4) is 0 Å².